The number of anilines is 3. The van der Waals surface area contributed by atoms with Crippen LogP contribution in [0.15, 0.2) is 30.9 Å². The van der Waals surface area contributed by atoms with Gasteiger partial charge in [0.2, 0.25) is 0 Å². The molecule has 2 aromatic heterocycles. The Balaban J connectivity index is 1.70. The van der Waals surface area contributed by atoms with E-state index in [1.54, 1.807) is 24.5 Å². The van der Waals surface area contributed by atoms with E-state index in [9.17, 15) is 4.79 Å². The Bertz CT molecular complexity index is 684. The monoisotopic (exact) mass is 327 g/mol. The van der Waals surface area contributed by atoms with Gasteiger partial charge in [-0.05, 0) is 25.0 Å². The Morgan fingerprint density at radius 2 is 1.79 bits per heavy atom. The molecule has 0 aromatic carbocycles. The molecule has 1 saturated heterocycles. The highest BCUT2D eigenvalue weighted by molar-refractivity contribution is 5.95. The van der Waals surface area contributed by atoms with Crippen molar-refractivity contribution in [1.82, 2.24) is 20.4 Å². The van der Waals surface area contributed by atoms with Crippen LogP contribution in [-0.4, -0.2) is 33.9 Å². The maximum atomic E-state index is 12.1. The summed E-state index contributed by atoms with van der Waals surface area (Å²) in [6.07, 6.45) is 9.30. The second kappa shape index (κ2) is 7.58. The Morgan fingerprint density at radius 1 is 1.08 bits per heavy atom. The van der Waals surface area contributed by atoms with Gasteiger partial charge in [0.1, 0.15) is 12.0 Å². The summed E-state index contributed by atoms with van der Waals surface area (Å²) in [4.78, 5) is 26.6. The first-order valence-electron chi connectivity index (χ1n) is 8.07. The van der Waals surface area contributed by atoms with Gasteiger partial charge in [-0.1, -0.05) is 12.8 Å². The van der Waals surface area contributed by atoms with Crippen molar-refractivity contribution in [3.63, 3.8) is 0 Å². The first-order valence-corrected chi connectivity index (χ1v) is 8.07. The minimum atomic E-state index is -0.285. The third-order valence-electron chi connectivity index (χ3n) is 4.01. The molecule has 4 N–H and O–H groups in total. The van der Waals surface area contributed by atoms with Crippen LogP contribution in [0.25, 0.3) is 0 Å². The van der Waals surface area contributed by atoms with Gasteiger partial charge in [-0.2, -0.15) is 0 Å². The third-order valence-corrected chi connectivity index (χ3v) is 4.01. The van der Waals surface area contributed by atoms with Gasteiger partial charge in [0.05, 0.1) is 0 Å². The van der Waals surface area contributed by atoms with Crippen LogP contribution >= 0.6 is 0 Å². The highest BCUT2D eigenvalue weighted by Crippen LogP contribution is 2.27. The van der Waals surface area contributed by atoms with E-state index in [1.165, 1.54) is 19.2 Å². The molecule has 0 bridgehead atoms. The van der Waals surface area contributed by atoms with Crippen LogP contribution < -0.4 is 21.5 Å². The maximum absolute atomic E-state index is 12.1. The number of nitrogens with two attached hydrogens (primary N) is 1. The number of amides is 1. The first-order chi connectivity index (χ1) is 11.8. The lowest BCUT2D eigenvalue weighted by molar-refractivity contribution is 0.0962. The number of carbonyl (C=O) groups is 1. The van der Waals surface area contributed by atoms with Gasteiger partial charge >= 0.3 is 0 Å². The van der Waals surface area contributed by atoms with E-state index in [4.69, 9.17) is 5.73 Å². The van der Waals surface area contributed by atoms with Gasteiger partial charge in [-0.25, -0.2) is 9.97 Å². The molecule has 1 aliphatic heterocycles. The molecule has 8 heteroatoms. The Hall–Kier alpha value is -2.90. The number of hydrogen-bond acceptors (Lipinski definition) is 7. The second-order valence-corrected chi connectivity index (χ2v) is 5.68. The Morgan fingerprint density at radius 3 is 2.50 bits per heavy atom. The van der Waals surface area contributed by atoms with Crippen molar-refractivity contribution in [2.24, 2.45) is 0 Å². The van der Waals surface area contributed by atoms with Crippen LogP contribution in [0.5, 0.6) is 0 Å². The molecule has 126 valence electrons. The lowest BCUT2D eigenvalue weighted by Crippen LogP contribution is -2.31. The molecule has 0 saturated carbocycles. The molecular weight excluding hydrogens is 306 g/mol. The fourth-order valence-electron chi connectivity index (χ4n) is 2.71. The van der Waals surface area contributed by atoms with Crippen molar-refractivity contribution < 1.29 is 4.79 Å². The molecule has 0 atom stereocenters. The minimum absolute atomic E-state index is 0.285. The standard InChI is InChI=1S/C16H21N7O/c17-13-14(21-22-16(24)12-5-7-18-8-6-12)19-11-20-15(13)23-9-3-1-2-4-10-23/h5-8,11H,1-4,9-10,17H2,(H,22,24)(H,19,20,21). The zero-order valence-electron chi connectivity index (χ0n) is 13.4. The van der Waals surface area contributed by atoms with Crippen LogP contribution in [0.2, 0.25) is 0 Å². The van der Waals surface area contributed by atoms with Crippen molar-refractivity contribution in [3.05, 3.63) is 36.4 Å². The van der Waals surface area contributed by atoms with Crippen molar-refractivity contribution in [2.75, 3.05) is 29.1 Å². The number of hydrogen-bond donors (Lipinski definition) is 3. The summed E-state index contributed by atoms with van der Waals surface area (Å²) < 4.78 is 0. The lowest BCUT2D eigenvalue weighted by atomic mass is 10.2. The van der Waals surface area contributed by atoms with Crippen LogP contribution in [0.1, 0.15) is 36.0 Å². The van der Waals surface area contributed by atoms with Crippen molar-refractivity contribution >= 4 is 23.2 Å². The smallest absolute Gasteiger partial charge is 0.269 e. The Kier molecular flexibility index (Phi) is 5.05. The summed E-state index contributed by atoms with van der Waals surface area (Å²) in [5.41, 5.74) is 12.5. The molecule has 8 nitrogen and oxygen atoms in total. The number of rotatable bonds is 4. The number of nitrogen functional groups attached to an aromatic ring is 1. The predicted octanol–water partition coefficient (Wildman–Crippen LogP) is 1.59. The van der Waals surface area contributed by atoms with Crippen molar-refractivity contribution in [2.45, 2.75) is 25.7 Å². The number of nitrogens with one attached hydrogen (secondary N) is 2. The summed E-state index contributed by atoms with van der Waals surface area (Å²) in [6, 6.07) is 3.26. The van der Waals surface area contributed by atoms with E-state index in [2.05, 4.69) is 30.7 Å². The first kappa shape index (κ1) is 16.0. The third kappa shape index (κ3) is 3.70. The fourth-order valence-corrected chi connectivity index (χ4v) is 2.71. The van der Waals surface area contributed by atoms with Gasteiger partial charge in [0.15, 0.2) is 11.6 Å². The molecule has 3 rings (SSSR count). The number of nitrogens with zero attached hydrogens (tertiary/aromatic N) is 4. The van der Waals surface area contributed by atoms with E-state index in [-0.39, 0.29) is 5.91 Å². The maximum Gasteiger partial charge on any atom is 0.269 e. The highest BCUT2D eigenvalue weighted by Gasteiger charge is 2.17. The molecule has 2 aromatic rings. The van der Waals surface area contributed by atoms with Gasteiger partial charge in [0, 0.05) is 31.0 Å². The van der Waals surface area contributed by atoms with E-state index in [0.717, 1.165) is 25.9 Å². The Labute approximate surface area is 140 Å². The number of pyridine rings is 1. The zero-order valence-corrected chi connectivity index (χ0v) is 13.4. The molecule has 3 heterocycles. The summed E-state index contributed by atoms with van der Waals surface area (Å²) >= 11 is 0. The highest BCUT2D eigenvalue weighted by atomic mass is 16.2. The summed E-state index contributed by atoms with van der Waals surface area (Å²) in [5.74, 6) is 0.825. The normalized spacial score (nSPS) is 14.8. The largest absolute Gasteiger partial charge is 0.393 e. The number of hydrazine groups is 1. The van der Waals surface area contributed by atoms with E-state index in [1.807, 2.05) is 0 Å². The average molecular weight is 327 g/mol. The molecule has 24 heavy (non-hydrogen) atoms. The lowest BCUT2D eigenvalue weighted by Gasteiger charge is -2.23. The SMILES string of the molecule is Nc1c(NNC(=O)c2ccncc2)ncnc1N1CCCCCC1. The van der Waals surface area contributed by atoms with Crippen LogP contribution in [-0.2, 0) is 0 Å². The van der Waals surface area contributed by atoms with E-state index in [0.29, 0.717) is 22.9 Å². The van der Waals surface area contributed by atoms with E-state index >= 15 is 0 Å². The van der Waals surface area contributed by atoms with Gasteiger partial charge in [-0.3, -0.25) is 20.6 Å². The van der Waals surface area contributed by atoms with Gasteiger partial charge in [0.25, 0.3) is 5.91 Å². The summed E-state index contributed by atoms with van der Waals surface area (Å²) in [7, 11) is 0. The summed E-state index contributed by atoms with van der Waals surface area (Å²) in [6.45, 7) is 1.87. The molecule has 0 aliphatic carbocycles. The van der Waals surface area contributed by atoms with Crippen molar-refractivity contribution in [1.29, 1.82) is 0 Å². The molecular formula is C16H21N7O. The van der Waals surface area contributed by atoms with Crippen LogP contribution in [0.4, 0.5) is 17.3 Å². The molecule has 0 unspecified atom stereocenters. The topological polar surface area (TPSA) is 109 Å². The molecule has 1 aliphatic rings. The molecule has 0 spiro atoms. The van der Waals surface area contributed by atoms with E-state index < -0.39 is 0 Å². The number of aromatic nitrogens is 3. The zero-order chi connectivity index (χ0) is 16.8. The fraction of sp³-hybridized carbons (Fsp3) is 0.375. The number of carbonyl (C=O) groups excluding carboxylic acids is 1. The molecule has 0 radical (unpaired) electrons. The molecule has 1 amide bonds. The predicted molar refractivity (Wildman–Crippen MR) is 92.5 cm³/mol. The summed E-state index contributed by atoms with van der Waals surface area (Å²) in [5, 5.41) is 0. The van der Waals surface area contributed by atoms with Gasteiger partial charge in [-0.15, -0.1) is 0 Å². The van der Waals surface area contributed by atoms with Crippen molar-refractivity contribution in [3.8, 4) is 0 Å². The molecule has 1 fully saturated rings. The van der Waals surface area contributed by atoms with Crippen LogP contribution in [0.3, 0.4) is 0 Å². The van der Waals surface area contributed by atoms with Gasteiger partial charge < -0.3 is 10.6 Å². The minimum Gasteiger partial charge on any atom is -0.393 e. The quantitative estimate of drug-likeness (QED) is 0.732. The average Bonchev–Trinajstić information content (AvgIpc) is 2.90. The second-order valence-electron chi connectivity index (χ2n) is 5.68. The van der Waals surface area contributed by atoms with Crippen LogP contribution in [0, 0.1) is 0 Å².